The zero-order valence-electron chi connectivity index (χ0n) is 7.45. The molecule has 1 aromatic heterocycles. The van der Waals surface area contributed by atoms with Crippen molar-refractivity contribution in [3.63, 3.8) is 0 Å². The van der Waals surface area contributed by atoms with Gasteiger partial charge in [-0.2, -0.15) is 0 Å². The SMILES string of the molecule is CC(=O)OC(C)c1ccnc(Br)c1. The Morgan fingerprint density at radius 3 is 2.92 bits per heavy atom. The summed E-state index contributed by atoms with van der Waals surface area (Å²) in [5, 5.41) is 0. The number of aromatic nitrogens is 1. The molecule has 0 aliphatic rings. The standard InChI is InChI=1S/C9H10BrNO2/c1-6(13-7(2)12)8-3-4-11-9(10)5-8/h3-6H,1-2H3. The minimum Gasteiger partial charge on any atom is -0.458 e. The molecule has 0 spiro atoms. The van der Waals surface area contributed by atoms with Gasteiger partial charge in [0, 0.05) is 13.1 Å². The van der Waals surface area contributed by atoms with Crippen molar-refractivity contribution in [3.8, 4) is 0 Å². The second-order valence-corrected chi connectivity index (χ2v) is 3.48. The number of carbonyl (C=O) groups excluding carboxylic acids is 1. The quantitative estimate of drug-likeness (QED) is 0.592. The lowest BCUT2D eigenvalue weighted by atomic mass is 10.2. The number of rotatable bonds is 2. The summed E-state index contributed by atoms with van der Waals surface area (Å²) in [6, 6.07) is 3.64. The summed E-state index contributed by atoms with van der Waals surface area (Å²) in [5.41, 5.74) is 0.928. The van der Waals surface area contributed by atoms with Crippen LogP contribution < -0.4 is 0 Å². The number of hydrogen-bond donors (Lipinski definition) is 0. The van der Waals surface area contributed by atoms with Gasteiger partial charge in [-0.15, -0.1) is 0 Å². The highest BCUT2D eigenvalue weighted by Crippen LogP contribution is 2.18. The second kappa shape index (κ2) is 4.37. The molecule has 0 fully saturated rings. The Kier molecular flexibility index (Phi) is 3.42. The first-order chi connectivity index (χ1) is 6.09. The molecule has 0 bridgehead atoms. The van der Waals surface area contributed by atoms with Gasteiger partial charge in [0.05, 0.1) is 0 Å². The summed E-state index contributed by atoms with van der Waals surface area (Å²) in [5.74, 6) is -0.277. The fourth-order valence-corrected chi connectivity index (χ4v) is 1.37. The van der Waals surface area contributed by atoms with Crippen LogP contribution in [0.25, 0.3) is 0 Å². The van der Waals surface area contributed by atoms with E-state index in [9.17, 15) is 4.79 Å². The van der Waals surface area contributed by atoms with Gasteiger partial charge < -0.3 is 4.74 Å². The van der Waals surface area contributed by atoms with E-state index in [-0.39, 0.29) is 12.1 Å². The predicted molar refractivity (Wildman–Crippen MR) is 52.1 cm³/mol. The maximum Gasteiger partial charge on any atom is 0.303 e. The third-order valence-corrected chi connectivity index (χ3v) is 2.00. The van der Waals surface area contributed by atoms with Crippen molar-refractivity contribution in [1.29, 1.82) is 0 Å². The van der Waals surface area contributed by atoms with Crippen LogP contribution in [0.4, 0.5) is 0 Å². The molecule has 0 aliphatic heterocycles. The van der Waals surface area contributed by atoms with Gasteiger partial charge in [0.15, 0.2) is 0 Å². The summed E-state index contributed by atoms with van der Waals surface area (Å²) < 4.78 is 5.74. The lowest BCUT2D eigenvalue weighted by Crippen LogP contribution is -2.04. The topological polar surface area (TPSA) is 39.2 Å². The van der Waals surface area contributed by atoms with Crippen LogP contribution in [-0.4, -0.2) is 11.0 Å². The normalized spacial score (nSPS) is 12.2. The average Bonchev–Trinajstić information content (AvgIpc) is 2.03. The van der Waals surface area contributed by atoms with E-state index in [0.29, 0.717) is 0 Å². The Hall–Kier alpha value is -0.900. The first-order valence-corrected chi connectivity index (χ1v) is 4.67. The van der Waals surface area contributed by atoms with Crippen LogP contribution in [0, 0.1) is 0 Å². The molecule has 0 radical (unpaired) electrons. The van der Waals surface area contributed by atoms with Crippen LogP contribution in [0.15, 0.2) is 22.9 Å². The van der Waals surface area contributed by atoms with E-state index in [1.54, 1.807) is 6.20 Å². The molecule has 0 amide bonds. The molecule has 13 heavy (non-hydrogen) atoms. The number of esters is 1. The number of halogens is 1. The van der Waals surface area contributed by atoms with Gasteiger partial charge in [0.25, 0.3) is 0 Å². The molecule has 0 N–H and O–H groups in total. The largest absolute Gasteiger partial charge is 0.458 e. The van der Waals surface area contributed by atoms with Crippen molar-refractivity contribution >= 4 is 21.9 Å². The molecule has 1 heterocycles. The van der Waals surface area contributed by atoms with E-state index in [4.69, 9.17) is 4.74 Å². The molecule has 1 unspecified atom stereocenters. The Morgan fingerprint density at radius 2 is 2.38 bits per heavy atom. The molecule has 4 heteroatoms. The molecular formula is C9H10BrNO2. The monoisotopic (exact) mass is 243 g/mol. The number of ether oxygens (including phenoxy) is 1. The van der Waals surface area contributed by atoms with Crippen molar-refractivity contribution in [2.24, 2.45) is 0 Å². The Bertz CT molecular complexity index is 314. The molecule has 70 valence electrons. The second-order valence-electron chi connectivity index (χ2n) is 2.66. The number of nitrogens with zero attached hydrogens (tertiary/aromatic N) is 1. The molecule has 1 atom stereocenters. The number of hydrogen-bond acceptors (Lipinski definition) is 3. The van der Waals surface area contributed by atoms with Crippen molar-refractivity contribution in [1.82, 2.24) is 4.98 Å². The molecule has 0 saturated carbocycles. The predicted octanol–water partition coefficient (Wildman–Crippen LogP) is 2.47. The minimum absolute atomic E-state index is 0.225. The number of pyridine rings is 1. The highest BCUT2D eigenvalue weighted by atomic mass is 79.9. The molecule has 0 saturated heterocycles. The third kappa shape index (κ3) is 3.14. The summed E-state index contributed by atoms with van der Waals surface area (Å²) >= 11 is 3.25. The van der Waals surface area contributed by atoms with Gasteiger partial charge in [-0.1, -0.05) is 0 Å². The minimum atomic E-state index is -0.277. The molecular weight excluding hydrogens is 234 g/mol. The fourth-order valence-electron chi connectivity index (χ4n) is 0.987. The lowest BCUT2D eigenvalue weighted by molar-refractivity contribution is -0.145. The van der Waals surface area contributed by atoms with Crippen LogP contribution in [0.5, 0.6) is 0 Å². The van der Waals surface area contributed by atoms with Gasteiger partial charge in [0.1, 0.15) is 10.7 Å². The molecule has 0 aliphatic carbocycles. The first kappa shape index (κ1) is 10.2. The van der Waals surface area contributed by atoms with E-state index in [0.717, 1.165) is 10.2 Å². The average molecular weight is 244 g/mol. The van der Waals surface area contributed by atoms with E-state index in [1.165, 1.54) is 6.92 Å². The van der Waals surface area contributed by atoms with Gasteiger partial charge in [-0.05, 0) is 40.5 Å². The van der Waals surface area contributed by atoms with E-state index < -0.39 is 0 Å². The Balaban J connectivity index is 2.76. The van der Waals surface area contributed by atoms with Crippen molar-refractivity contribution in [2.75, 3.05) is 0 Å². The fraction of sp³-hybridized carbons (Fsp3) is 0.333. The maximum atomic E-state index is 10.7. The van der Waals surface area contributed by atoms with Crippen LogP contribution in [0.1, 0.15) is 25.5 Å². The summed E-state index contributed by atoms with van der Waals surface area (Å²) in [7, 11) is 0. The maximum absolute atomic E-state index is 10.7. The van der Waals surface area contributed by atoms with Crippen LogP contribution in [0.2, 0.25) is 0 Å². The zero-order chi connectivity index (χ0) is 9.84. The molecule has 1 aromatic rings. The lowest BCUT2D eigenvalue weighted by Gasteiger charge is -2.11. The van der Waals surface area contributed by atoms with Gasteiger partial charge >= 0.3 is 5.97 Å². The Labute approximate surface area is 85.3 Å². The summed E-state index contributed by atoms with van der Waals surface area (Å²) in [6.45, 7) is 3.22. The van der Waals surface area contributed by atoms with E-state index in [2.05, 4.69) is 20.9 Å². The Morgan fingerprint density at radius 1 is 1.69 bits per heavy atom. The number of carbonyl (C=O) groups is 1. The van der Waals surface area contributed by atoms with Gasteiger partial charge in [-0.3, -0.25) is 4.79 Å². The highest BCUT2D eigenvalue weighted by molar-refractivity contribution is 9.10. The van der Waals surface area contributed by atoms with Crippen LogP contribution in [-0.2, 0) is 9.53 Å². The summed E-state index contributed by atoms with van der Waals surface area (Å²) in [6.07, 6.45) is 1.44. The van der Waals surface area contributed by atoms with Crippen molar-refractivity contribution in [2.45, 2.75) is 20.0 Å². The van der Waals surface area contributed by atoms with Gasteiger partial charge in [-0.25, -0.2) is 4.98 Å². The van der Waals surface area contributed by atoms with Crippen LogP contribution >= 0.6 is 15.9 Å². The van der Waals surface area contributed by atoms with E-state index >= 15 is 0 Å². The van der Waals surface area contributed by atoms with Crippen molar-refractivity contribution < 1.29 is 9.53 Å². The summed E-state index contributed by atoms with van der Waals surface area (Å²) in [4.78, 5) is 14.6. The molecule has 1 rings (SSSR count). The smallest absolute Gasteiger partial charge is 0.303 e. The van der Waals surface area contributed by atoms with Crippen molar-refractivity contribution in [3.05, 3.63) is 28.5 Å². The van der Waals surface area contributed by atoms with E-state index in [1.807, 2.05) is 19.1 Å². The first-order valence-electron chi connectivity index (χ1n) is 3.88. The molecule has 0 aromatic carbocycles. The highest BCUT2D eigenvalue weighted by Gasteiger charge is 2.08. The van der Waals surface area contributed by atoms with Crippen LogP contribution in [0.3, 0.4) is 0 Å². The van der Waals surface area contributed by atoms with Gasteiger partial charge in [0.2, 0.25) is 0 Å². The molecule has 3 nitrogen and oxygen atoms in total. The third-order valence-electron chi connectivity index (χ3n) is 1.56. The zero-order valence-corrected chi connectivity index (χ0v) is 9.04.